The molecule has 2 rings (SSSR count). The number of amides is 2. The van der Waals surface area contributed by atoms with Crippen molar-refractivity contribution in [2.24, 2.45) is 0 Å². The molecule has 2 amide bonds. The van der Waals surface area contributed by atoms with Crippen LogP contribution >= 0.6 is 0 Å². The van der Waals surface area contributed by atoms with Crippen molar-refractivity contribution in [1.29, 1.82) is 0 Å². The third-order valence-electron chi connectivity index (χ3n) is 4.50. The largest absolute Gasteiger partial charge is 0.444 e. The van der Waals surface area contributed by atoms with Gasteiger partial charge in [0.15, 0.2) is 0 Å². The Labute approximate surface area is 159 Å². The Bertz CT molecular complexity index is 679. The van der Waals surface area contributed by atoms with Gasteiger partial charge in [0.2, 0.25) is 0 Å². The molecule has 0 aliphatic heterocycles. The minimum Gasteiger partial charge on any atom is -0.444 e. The number of aliphatic hydroxyl groups is 1. The van der Waals surface area contributed by atoms with E-state index in [1.54, 1.807) is 33.8 Å². The fourth-order valence-electron chi connectivity index (χ4n) is 3.04. The van der Waals surface area contributed by atoms with E-state index in [0.717, 1.165) is 0 Å². The molecule has 1 aliphatic rings. The molecule has 3 N–H and O–H groups in total. The zero-order valence-corrected chi connectivity index (χ0v) is 16.3. The summed E-state index contributed by atoms with van der Waals surface area (Å²) in [4.78, 5) is 24.2. The van der Waals surface area contributed by atoms with Gasteiger partial charge in [-0.15, -0.1) is 0 Å². The fourth-order valence-corrected chi connectivity index (χ4v) is 3.04. The topological polar surface area (TPSA) is 87.7 Å². The molecule has 1 aromatic rings. The highest BCUT2D eigenvalue weighted by molar-refractivity contribution is 5.94. The molecule has 6 nitrogen and oxygen atoms in total. The van der Waals surface area contributed by atoms with Gasteiger partial charge in [0.05, 0.1) is 17.7 Å². The van der Waals surface area contributed by atoms with Crippen molar-refractivity contribution in [2.45, 2.75) is 77.2 Å². The van der Waals surface area contributed by atoms with Crippen LogP contribution in [0.3, 0.4) is 0 Å². The highest BCUT2D eigenvalue weighted by Gasteiger charge is 2.23. The standard InChI is InChI=1S/C20H29FN2O4/c1-12(22-19(26)27-20(2,3)4)13-5-10-16(17(21)11-13)18(25)23-14-6-8-15(24)9-7-14/h5,10-12,14-15,24H,6-9H2,1-4H3,(H,22,26)(H,23,25)/t12-,14?,15?/m0/s1. The Morgan fingerprint density at radius 2 is 1.85 bits per heavy atom. The Hall–Kier alpha value is -2.15. The van der Waals surface area contributed by atoms with Gasteiger partial charge in [-0.3, -0.25) is 4.79 Å². The van der Waals surface area contributed by atoms with E-state index in [2.05, 4.69) is 10.6 Å². The van der Waals surface area contributed by atoms with Crippen LogP contribution in [0, 0.1) is 5.82 Å². The van der Waals surface area contributed by atoms with Crippen LogP contribution in [0.2, 0.25) is 0 Å². The van der Waals surface area contributed by atoms with Crippen LogP contribution in [-0.4, -0.2) is 34.9 Å². The van der Waals surface area contributed by atoms with Crippen LogP contribution in [0.4, 0.5) is 9.18 Å². The predicted octanol–water partition coefficient (Wildman–Crippen LogP) is 3.44. The Morgan fingerprint density at radius 1 is 1.22 bits per heavy atom. The van der Waals surface area contributed by atoms with Gasteiger partial charge in [0, 0.05) is 6.04 Å². The van der Waals surface area contributed by atoms with Crippen LogP contribution in [0.5, 0.6) is 0 Å². The average molecular weight is 380 g/mol. The molecular weight excluding hydrogens is 351 g/mol. The fraction of sp³-hybridized carbons (Fsp3) is 0.600. The van der Waals surface area contributed by atoms with Crippen LogP contribution in [0.1, 0.15) is 75.3 Å². The summed E-state index contributed by atoms with van der Waals surface area (Å²) in [5, 5.41) is 15.0. The number of halogens is 1. The minimum atomic E-state index is -0.640. The van der Waals surface area contributed by atoms with Gasteiger partial charge in [-0.1, -0.05) is 6.07 Å². The van der Waals surface area contributed by atoms with E-state index in [1.165, 1.54) is 12.1 Å². The SMILES string of the molecule is C[C@H](NC(=O)OC(C)(C)C)c1ccc(C(=O)NC2CCC(O)CC2)c(F)c1. The Kier molecular flexibility index (Phi) is 6.81. The molecule has 0 heterocycles. The molecule has 1 fully saturated rings. The van der Waals surface area contributed by atoms with Gasteiger partial charge in [0.1, 0.15) is 11.4 Å². The van der Waals surface area contributed by atoms with Crippen molar-refractivity contribution in [3.05, 3.63) is 35.1 Å². The lowest BCUT2D eigenvalue weighted by Crippen LogP contribution is -2.39. The number of hydrogen-bond acceptors (Lipinski definition) is 4. The van der Waals surface area contributed by atoms with Gasteiger partial charge in [-0.2, -0.15) is 0 Å². The van der Waals surface area contributed by atoms with Crippen LogP contribution in [-0.2, 0) is 4.74 Å². The molecule has 27 heavy (non-hydrogen) atoms. The highest BCUT2D eigenvalue weighted by Crippen LogP contribution is 2.21. The van der Waals surface area contributed by atoms with E-state index >= 15 is 0 Å². The maximum atomic E-state index is 14.4. The first-order valence-electron chi connectivity index (χ1n) is 9.33. The molecule has 1 aliphatic carbocycles. The lowest BCUT2D eigenvalue weighted by Gasteiger charge is -2.26. The molecule has 0 unspecified atom stereocenters. The second kappa shape index (κ2) is 8.69. The average Bonchev–Trinajstić information content (AvgIpc) is 2.54. The number of alkyl carbamates (subject to hydrolysis) is 1. The van der Waals surface area contributed by atoms with E-state index in [0.29, 0.717) is 31.2 Å². The normalized spacial score (nSPS) is 21.3. The summed E-state index contributed by atoms with van der Waals surface area (Å²) in [6.45, 7) is 7.00. The van der Waals surface area contributed by atoms with Crippen molar-refractivity contribution in [3.63, 3.8) is 0 Å². The van der Waals surface area contributed by atoms with E-state index in [9.17, 15) is 19.1 Å². The summed E-state index contributed by atoms with van der Waals surface area (Å²) in [5.41, 5.74) is -0.114. The second-order valence-corrected chi connectivity index (χ2v) is 8.09. The Morgan fingerprint density at radius 3 is 2.41 bits per heavy atom. The predicted molar refractivity (Wildman–Crippen MR) is 99.9 cm³/mol. The van der Waals surface area contributed by atoms with Crippen molar-refractivity contribution in [3.8, 4) is 0 Å². The van der Waals surface area contributed by atoms with E-state index in [4.69, 9.17) is 4.74 Å². The molecule has 0 bridgehead atoms. The summed E-state index contributed by atoms with van der Waals surface area (Å²) >= 11 is 0. The van der Waals surface area contributed by atoms with Crippen molar-refractivity contribution in [1.82, 2.24) is 10.6 Å². The molecule has 0 aromatic heterocycles. The molecule has 1 atom stereocenters. The number of benzene rings is 1. The number of hydrogen-bond donors (Lipinski definition) is 3. The van der Waals surface area contributed by atoms with Gasteiger partial charge < -0.3 is 20.5 Å². The molecular formula is C20H29FN2O4. The van der Waals surface area contributed by atoms with Crippen LogP contribution < -0.4 is 10.6 Å². The molecule has 150 valence electrons. The second-order valence-electron chi connectivity index (χ2n) is 8.09. The van der Waals surface area contributed by atoms with Gasteiger partial charge in [-0.05, 0) is 71.1 Å². The summed E-state index contributed by atoms with van der Waals surface area (Å²) in [6, 6.07) is 3.77. The lowest BCUT2D eigenvalue weighted by atomic mass is 9.93. The molecule has 1 aromatic carbocycles. The maximum absolute atomic E-state index is 14.4. The number of aliphatic hydroxyl groups excluding tert-OH is 1. The summed E-state index contributed by atoms with van der Waals surface area (Å²) in [6.07, 6.45) is 1.75. The zero-order chi connectivity index (χ0) is 20.2. The first-order valence-corrected chi connectivity index (χ1v) is 9.33. The number of carbonyl (C=O) groups excluding carboxylic acids is 2. The van der Waals surface area contributed by atoms with Crippen LogP contribution in [0.15, 0.2) is 18.2 Å². The summed E-state index contributed by atoms with van der Waals surface area (Å²) in [7, 11) is 0. The maximum Gasteiger partial charge on any atom is 0.408 e. The molecule has 0 radical (unpaired) electrons. The Balaban J connectivity index is 1.97. The number of rotatable bonds is 4. The molecule has 7 heteroatoms. The first kappa shape index (κ1) is 21.2. The smallest absolute Gasteiger partial charge is 0.408 e. The quantitative estimate of drug-likeness (QED) is 0.747. The highest BCUT2D eigenvalue weighted by atomic mass is 19.1. The van der Waals surface area contributed by atoms with E-state index in [1.807, 2.05) is 0 Å². The van der Waals surface area contributed by atoms with E-state index in [-0.39, 0.29) is 17.7 Å². The monoisotopic (exact) mass is 380 g/mol. The van der Waals surface area contributed by atoms with Crippen molar-refractivity contribution in [2.75, 3.05) is 0 Å². The van der Waals surface area contributed by atoms with E-state index < -0.39 is 29.5 Å². The molecule has 0 spiro atoms. The van der Waals surface area contributed by atoms with Gasteiger partial charge >= 0.3 is 6.09 Å². The first-order chi connectivity index (χ1) is 12.5. The number of carbonyl (C=O) groups is 2. The van der Waals surface area contributed by atoms with Crippen LogP contribution in [0.25, 0.3) is 0 Å². The molecule has 0 saturated heterocycles. The van der Waals surface area contributed by atoms with Crippen molar-refractivity contribution >= 4 is 12.0 Å². The molecule has 1 saturated carbocycles. The number of ether oxygens (including phenoxy) is 1. The lowest BCUT2D eigenvalue weighted by molar-refractivity contribution is 0.0507. The zero-order valence-electron chi connectivity index (χ0n) is 16.3. The minimum absolute atomic E-state index is 0.0330. The third kappa shape index (κ3) is 6.50. The van der Waals surface area contributed by atoms with Gasteiger partial charge in [-0.25, -0.2) is 9.18 Å². The third-order valence-corrected chi connectivity index (χ3v) is 4.50. The number of nitrogens with one attached hydrogen (secondary N) is 2. The summed E-state index contributed by atoms with van der Waals surface area (Å²) < 4.78 is 19.6. The van der Waals surface area contributed by atoms with Crippen molar-refractivity contribution < 1.29 is 23.8 Å². The van der Waals surface area contributed by atoms with Gasteiger partial charge in [0.25, 0.3) is 5.91 Å². The summed E-state index contributed by atoms with van der Waals surface area (Å²) in [5.74, 6) is -1.10.